The van der Waals surface area contributed by atoms with E-state index in [4.69, 9.17) is 4.42 Å². The van der Waals surface area contributed by atoms with Crippen LogP contribution in [0.5, 0.6) is 0 Å². The van der Waals surface area contributed by atoms with Gasteiger partial charge in [-0.05, 0) is 54.6 Å². The number of aliphatic hydroxyl groups excluding tert-OH is 1. The molecule has 3 rings (SSSR count). The van der Waals surface area contributed by atoms with Gasteiger partial charge in [0.25, 0.3) is 0 Å². The summed E-state index contributed by atoms with van der Waals surface area (Å²) in [5, 5.41) is 10.1. The number of hydrogen-bond donors (Lipinski definition) is 1. The third-order valence-corrected chi connectivity index (χ3v) is 5.54. The fourth-order valence-electron chi connectivity index (χ4n) is 3.94. The lowest BCUT2D eigenvalue weighted by Gasteiger charge is -2.50. The van der Waals surface area contributed by atoms with Crippen LogP contribution in [0.25, 0.3) is 0 Å². The van der Waals surface area contributed by atoms with Crippen LogP contribution in [-0.4, -0.2) is 11.2 Å². The molecule has 4 atom stereocenters. The first-order valence-electron chi connectivity index (χ1n) is 6.76. The molecule has 1 aromatic heterocycles. The maximum atomic E-state index is 10.1. The SMILES string of the molecule is Cc1coc2c1C[C@]1(C)[C@H](CC[C@@H](O)[C@@H]1C)C2. The van der Waals surface area contributed by atoms with Crippen LogP contribution >= 0.6 is 0 Å². The van der Waals surface area contributed by atoms with Gasteiger partial charge in [-0.2, -0.15) is 0 Å². The minimum Gasteiger partial charge on any atom is -0.469 e. The number of furan rings is 1. The molecule has 0 aliphatic heterocycles. The lowest BCUT2D eigenvalue weighted by Crippen LogP contribution is -2.48. The molecule has 0 amide bonds. The Kier molecular flexibility index (Phi) is 2.41. The average molecular weight is 234 g/mol. The highest BCUT2D eigenvalue weighted by atomic mass is 16.3. The van der Waals surface area contributed by atoms with Crippen molar-refractivity contribution in [3.05, 3.63) is 23.2 Å². The predicted octanol–water partition coefficient (Wildman–Crippen LogP) is 3.10. The molecule has 2 aliphatic carbocycles. The van der Waals surface area contributed by atoms with Crippen LogP contribution in [0.1, 0.15) is 43.6 Å². The summed E-state index contributed by atoms with van der Waals surface area (Å²) in [6.07, 6.45) is 6.01. The molecule has 17 heavy (non-hydrogen) atoms. The maximum Gasteiger partial charge on any atom is 0.107 e. The molecule has 0 bridgehead atoms. The smallest absolute Gasteiger partial charge is 0.107 e. The second-order valence-electron chi connectivity index (χ2n) is 6.34. The molecule has 2 aliphatic rings. The van der Waals surface area contributed by atoms with Gasteiger partial charge >= 0.3 is 0 Å². The molecule has 2 heteroatoms. The summed E-state index contributed by atoms with van der Waals surface area (Å²) in [7, 11) is 0. The topological polar surface area (TPSA) is 33.4 Å². The minimum absolute atomic E-state index is 0.120. The van der Waals surface area contributed by atoms with Crippen molar-refractivity contribution in [3.8, 4) is 0 Å². The van der Waals surface area contributed by atoms with Crippen molar-refractivity contribution in [3.63, 3.8) is 0 Å². The fourth-order valence-corrected chi connectivity index (χ4v) is 3.94. The van der Waals surface area contributed by atoms with E-state index in [1.54, 1.807) is 0 Å². The summed E-state index contributed by atoms with van der Waals surface area (Å²) in [4.78, 5) is 0. The maximum absolute atomic E-state index is 10.1. The van der Waals surface area contributed by atoms with Crippen molar-refractivity contribution in [2.45, 2.75) is 52.6 Å². The Hall–Kier alpha value is -0.760. The monoisotopic (exact) mass is 234 g/mol. The van der Waals surface area contributed by atoms with E-state index in [1.807, 2.05) is 6.26 Å². The Balaban J connectivity index is 2.01. The number of rotatable bonds is 0. The Morgan fingerprint density at radius 3 is 2.94 bits per heavy atom. The summed E-state index contributed by atoms with van der Waals surface area (Å²) in [5.41, 5.74) is 2.94. The van der Waals surface area contributed by atoms with Crippen LogP contribution in [-0.2, 0) is 12.8 Å². The highest BCUT2D eigenvalue weighted by Crippen LogP contribution is 2.52. The quantitative estimate of drug-likeness (QED) is 0.748. The van der Waals surface area contributed by atoms with Crippen LogP contribution < -0.4 is 0 Å². The summed E-state index contributed by atoms with van der Waals surface area (Å²) in [6, 6.07) is 0. The minimum atomic E-state index is -0.120. The highest BCUT2D eigenvalue weighted by molar-refractivity contribution is 5.32. The van der Waals surface area contributed by atoms with Crippen LogP contribution in [0.3, 0.4) is 0 Å². The molecule has 0 aromatic carbocycles. The van der Waals surface area contributed by atoms with Crippen LogP contribution in [0, 0.1) is 24.2 Å². The average Bonchev–Trinajstić information content (AvgIpc) is 2.64. The normalized spacial score (nSPS) is 40.8. The zero-order valence-electron chi connectivity index (χ0n) is 11.0. The Morgan fingerprint density at radius 1 is 1.41 bits per heavy atom. The van der Waals surface area contributed by atoms with Gasteiger partial charge in [-0.25, -0.2) is 0 Å². The molecule has 1 fully saturated rings. The van der Waals surface area contributed by atoms with E-state index >= 15 is 0 Å². The number of fused-ring (bicyclic) bond motifs is 2. The fraction of sp³-hybridized carbons (Fsp3) is 0.733. The standard InChI is InChI=1S/C15H22O2/c1-9-8-17-14-6-11-4-5-13(16)10(2)15(11,3)7-12(9)14/h8,10-11,13,16H,4-7H2,1-3H3/t10-,11+,13+,15-/m0/s1. The second-order valence-corrected chi connectivity index (χ2v) is 6.34. The third kappa shape index (κ3) is 1.50. The molecular formula is C15H22O2. The van der Waals surface area contributed by atoms with Gasteiger partial charge in [-0.3, -0.25) is 0 Å². The van der Waals surface area contributed by atoms with Crippen molar-refractivity contribution in [1.29, 1.82) is 0 Å². The number of aliphatic hydroxyl groups is 1. The molecule has 0 saturated heterocycles. The summed E-state index contributed by atoms with van der Waals surface area (Å²) in [6.45, 7) is 6.72. The molecule has 2 nitrogen and oxygen atoms in total. The lowest BCUT2D eigenvalue weighted by molar-refractivity contribution is -0.0546. The number of aryl methyl sites for hydroxylation is 1. The van der Waals surface area contributed by atoms with Gasteiger partial charge in [-0.15, -0.1) is 0 Å². The van der Waals surface area contributed by atoms with E-state index in [0.717, 1.165) is 25.7 Å². The van der Waals surface area contributed by atoms with Crippen molar-refractivity contribution in [1.82, 2.24) is 0 Å². The van der Waals surface area contributed by atoms with Crippen molar-refractivity contribution in [2.75, 3.05) is 0 Å². The van der Waals surface area contributed by atoms with Crippen LogP contribution in [0.2, 0.25) is 0 Å². The molecule has 1 N–H and O–H groups in total. The summed E-state index contributed by atoms with van der Waals surface area (Å²) >= 11 is 0. The molecule has 1 aromatic rings. The molecular weight excluding hydrogens is 212 g/mol. The van der Waals surface area contributed by atoms with Gasteiger partial charge in [-0.1, -0.05) is 13.8 Å². The first-order chi connectivity index (χ1) is 8.02. The molecule has 0 spiro atoms. The Labute approximate surface area is 103 Å². The van der Waals surface area contributed by atoms with E-state index in [9.17, 15) is 5.11 Å². The number of hydrogen-bond acceptors (Lipinski definition) is 2. The van der Waals surface area contributed by atoms with Crippen molar-refractivity contribution >= 4 is 0 Å². The first kappa shape index (κ1) is 11.3. The Bertz CT molecular complexity index is 434. The van der Waals surface area contributed by atoms with Gasteiger partial charge in [0.2, 0.25) is 0 Å². The molecule has 1 heterocycles. The summed E-state index contributed by atoms with van der Waals surface area (Å²) < 4.78 is 5.68. The molecule has 1 saturated carbocycles. The molecule has 0 radical (unpaired) electrons. The summed E-state index contributed by atoms with van der Waals surface area (Å²) in [5.74, 6) is 2.27. The van der Waals surface area contributed by atoms with Gasteiger partial charge in [0.1, 0.15) is 5.76 Å². The van der Waals surface area contributed by atoms with E-state index in [2.05, 4.69) is 20.8 Å². The van der Waals surface area contributed by atoms with Crippen LogP contribution in [0.4, 0.5) is 0 Å². The van der Waals surface area contributed by atoms with Gasteiger partial charge < -0.3 is 9.52 Å². The van der Waals surface area contributed by atoms with Gasteiger partial charge in [0.15, 0.2) is 0 Å². The highest BCUT2D eigenvalue weighted by Gasteiger charge is 2.49. The van der Waals surface area contributed by atoms with E-state index in [-0.39, 0.29) is 11.5 Å². The first-order valence-corrected chi connectivity index (χ1v) is 6.76. The van der Waals surface area contributed by atoms with Crippen molar-refractivity contribution < 1.29 is 9.52 Å². The van der Waals surface area contributed by atoms with Gasteiger partial charge in [0, 0.05) is 6.42 Å². The van der Waals surface area contributed by atoms with E-state index in [0.29, 0.717) is 11.8 Å². The van der Waals surface area contributed by atoms with Gasteiger partial charge in [0.05, 0.1) is 12.4 Å². The third-order valence-electron chi connectivity index (χ3n) is 5.54. The second kappa shape index (κ2) is 3.61. The van der Waals surface area contributed by atoms with E-state index < -0.39 is 0 Å². The Morgan fingerprint density at radius 2 is 2.18 bits per heavy atom. The lowest BCUT2D eigenvalue weighted by atomic mass is 9.55. The zero-order valence-corrected chi connectivity index (χ0v) is 11.0. The largest absolute Gasteiger partial charge is 0.469 e. The predicted molar refractivity (Wildman–Crippen MR) is 66.9 cm³/mol. The molecule has 94 valence electrons. The zero-order chi connectivity index (χ0) is 12.2. The van der Waals surface area contributed by atoms with E-state index in [1.165, 1.54) is 16.9 Å². The molecule has 0 unspecified atom stereocenters. The van der Waals surface area contributed by atoms with Crippen LogP contribution in [0.15, 0.2) is 10.7 Å². The van der Waals surface area contributed by atoms with Crippen molar-refractivity contribution in [2.24, 2.45) is 17.3 Å².